The first-order chi connectivity index (χ1) is 6.83. The van der Waals surface area contributed by atoms with Crippen molar-refractivity contribution in [2.24, 2.45) is 0 Å². The second-order valence-electron chi connectivity index (χ2n) is 3.27. The fraction of sp³-hybridized carbons (Fsp3) is 0.0833. The molecule has 0 atom stereocenters. The van der Waals surface area contributed by atoms with Crippen LogP contribution in [0.5, 0.6) is 0 Å². The standard InChI is InChI=1S/C12H12N2/c1-2-4-9-6-7-10-5-3-8-14-12(10)11(9)13/h2-8H,13H2,1H3/p+2/b4-2-. The third-order valence-electron chi connectivity index (χ3n) is 2.33. The van der Waals surface area contributed by atoms with Crippen molar-refractivity contribution < 1.29 is 10.7 Å². The van der Waals surface area contributed by atoms with Crippen molar-refractivity contribution in [3.8, 4) is 0 Å². The second-order valence-corrected chi connectivity index (χ2v) is 3.27. The Morgan fingerprint density at radius 1 is 1.29 bits per heavy atom. The van der Waals surface area contributed by atoms with E-state index >= 15 is 0 Å². The Balaban J connectivity index is 2.75. The summed E-state index contributed by atoms with van der Waals surface area (Å²) in [6.45, 7) is 2.01. The molecule has 0 saturated heterocycles. The van der Waals surface area contributed by atoms with Crippen LogP contribution in [0.15, 0.2) is 36.5 Å². The van der Waals surface area contributed by atoms with Crippen LogP contribution in [0.2, 0.25) is 0 Å². The lowest BCUT2D eigenvalue weighted by atomic mass is 10.1. The molecule has 2 nitrogen and oxygen atoms in total. The van der Waals surface area contributed by atoms with Gasteiger partial charge in [0.1, 0.15) is 0 Å². The Morgan fingerprint density at radius 3 is 2.93 bits per heavy atom. The van der Waals surface area contributed by atoms with Crippen LogP contribution in [0.25, 0.3) is 17.0 Å². The predicted octanol–water partition coefficient (Wildman–Crippen LogP) is 1.56. The van der Waals surface area contributed by atoms with Crippen LogP contribution in [0.3, 0.4) is 0 Å². The van der Waals surface area contributed by atoms with E-state index in [0.717, 1.165) is 11.2 Å². The summed E-state index contributed by atoms with van der Waals surface area (Å²) in [5, 5.41) is 1.20. The smallest absolute Gasteiger partial charge is 0.272 e. The molecule has 70 valence electrons. The molecule has 2 aromatic rings. The molecule has 0 aliphatic rings. The summed E-state index contributed by atoms with van der Waals surface area (Å²) in [5.41, 5.74) is 7.42. The van der Waals surface area contributed by atoms with E-state index in [1.165, 1.54) is 10.9 Å². The molecule has 0 spiro atoms. The lowest BCUT2D eigenvalue weighted by molar-refractivity contribution is -0.354. The molecule has 0 amide bonds. The Kier molecular flexibility index (Phi) is 2.29. The molecule has 0 radical (unpaired) electrons. The fourth-order valence-electron chi connectivity index (χ4n) is 1.61. The minimum atomic E-state index is 1.06. The number of rotatable bonds is 1. The van der Waals surface area contributed by atoms with Crippen molar-refractivity contribution >= 4 is 22.7 Å². The first-order valence-corrected chi connectivity index (χ1v) is 4.71. The summed E-state index contributed by atoms with van der Waals surface area (Å²) in [5.74, 6) is 0. The lowest BCUT2D eigenvalue weighted by Gasteiger charge is -1.96. The average molecular weight is 186 g/mol. The van der Waals surface area contributed by atoms with Gasteiger partial charge >= 0.3 is 0 Å². The number of aromatic amines is 1. The van der Waals surface area contributed by atoms with Gasteiger partial charge in [-0.05, 0) is 25.1 Å². The highest BCUT2D eigenvalue weighted by Gasteiger charge is 2.10. The van der Waals surface area contributed by atoms with Gasteiger partial charge < -0.3 is 5.73 Å². The van der Waals surface area contributed by atoms with Crippen LogP contribution in [0.4, 0.5) is 5.69 Å². The number of quaternary nitrogens is 1. The van der Waals surface area contributed by atoms with Gasteiger partial charge in [0, 0.05) is 11.6 Å². The van der Waals surface area contributed by atoms with Gasteiger partial charge in [0.25, 0.3) is 5.52 Å². The maximum Gasteiger partial charge on any atom is 0.272 e. The molecule has 0 fully saturated rings. The molecule has 4 N–H and O–H groups in total. The maximum absolute atomic E-state index is 4.08. The van der Waals surface area contributed by atoms with E-state index in [4.69, 9.17) is 0 Å². The van der Waals surface area contributed by atoms with Crippen molar-refractivity contribution in [1.29, 1.82) is 0 Å². The van der Waals surface area contributed by atoms with Gasteiger partial charge in [0.15, 0.2) is 6.20 Å². The maximum atomic E-state index is 4.08. The highest BCUT2D eigenvalue weighted by Crippen LogP contribution is 2.20. The number of pyridine rings is 1. The Labute approximate surface area is 83.1 Å². The van der Waals surface area contributed by atoms with Crippen molar-refractivity contribution in [3.05, 3.63) is 42.1 Å². The quantitative estimate of drug-likeness (QED) is 0.702. The van der Waals surface area contributed by atoms with Gasteiger partial charge in [-0.25, -0.2) is 4.98 Å². The van der Waals surface area contributed by atoms with Gasteiger partial charge in [0.05, 0.1) is 5.39 Å². The largest absolute Gasteiger partial charge is 0.319 e. The zero-order valence-electron chi connectivity index (χ0n) is 8.25. The minimum absolute atomic E-state index is 1.06. The van der Waals surface area contributed by atoms with Crippen molar-refractivity contribution in [2.45, 2.75) is 6.92 Å². The van der Waals surface area contributed by atoms with Gasteiger partial charge in [-0.15, -0.1) is 0 Å². The number of allylic oxidation sites excluding steroid dienone is 1. The number of aromatic nitrogens is 1. The van der Waals surface area contributed by atoms with Crippen LogP contribution in [-0.4, -0.2) is 0 Å². The summed E-state index contributed by atoms with van der Waals surface area (Å²) < 4.78 is 0. The number of benzene rings is 1. The zero-order chi connectivity index (χ0) is 9.97. The molecule has 2 rings (SSSR count). The Bertz CT molecular complexity index is 487. The zero-order valence-corrected chi connectivity index (χ0v) is 8.25. The van der Waals surface area contributed by atoms with Crippen molar-refractivity contribution in [2.75, 3.05) is 0 Å². The second kappa shape index (κ2) is 3.60. The summed E-state index contributed by atoms with van der Waals surface area (Å²) >= 11 is 0. The normalized spacial score (nSPS) is 11.3. The third kappa shape index (κ3) is 1.40. The summed E-state index contributed by atoms with van der Waals surface area (Å²) in [7, 11) is 0. The van der Waals surface area contributed by atoms with E-state index in [1.54, 1.807) is 0 Å². The Morgan fingerprint density at radius 2 is 2.14 bits per heavy atom. The molecule has 0 unspecified atom stereocenters. The third-order valence-corrected chi connectivity index (χ3v) is 2.33. The van der Waals surface area contributed by atoms with Gasteiger partial charge in [-0.2, -0.15) is 0 Å². The molecule has 0 saturated carbocycles. The number of hydrogen-bond acceptors (Lipinski definition) is 0. The summed E-state index contributed by atoms with van der Waals surface area (Å²) in [6, 6.07) is 8.28. The molecule has 0 aliphatic heterocycles. The number of fused-ring (bicyclic) bond motifs is 1. The monoisotopic (exact) mass is 186 g/mol. The topological polar surface area (TPSA) is 41.8 Å². The van der Waals surface area contributed by atoms with Crippen LogP contribution in [-0.2, 0) is 0 Å². The molecular weight excluding hydrogens is 172 g/mol. The fourth-order valence-corrected chi connectivity index (χ4v) is 1.61. The van der Waals surface area contributed by atoms with E-state index in [1.807, 2.05) is 25.3 Å². The van der Waals surface area contributed by atoms with E-state index in [-0.39, 0.29) is 0 Å². The van der Waals surface area contributed by atoms with Crippen LogP contribution in [0, 0.1) is 0 Å². The molecular formula is C12H14N2+2. The SMILES string of the molecule is C/C=C\c1ccc2ccc[nH+]c2c1[NH3+]. The highest BCUT2D eigenvalue weighted by atomic mass is 14.7. The van der Waals surface area contributed by atoms with E-state index in [9.17, 15) is 0 Å². The molecule has 1 aromatic heterocycles. The van der Waals surface area contributed by atoms with Gasteiger partial charge in [-0.3, -0.25) is 0 Å². The van der Waals surface area contributed by atoms with E-state index in [0.29, 0.717) is 0 Å². The first-order valence-electron chi connectivity index (χ1n) is 4.71. The van der Waals surface area contributed by atoms with Gasteiger partial charge in [-0.1, -0.05) is 12.2 Å². The molecule has 0 bridgehead atoms. The van der Waals surface area contributed by atoms with Crippen LogP contribution in [0.1, 0.15) is 12.5 Å². The predicted molar refractivity (Wildman–Crippen MR) is 57.8 cm³/mol. The summed E-state index contributed by atoms with van der Waals surface area (Å²) in [4.78, 5) is 3.22. The van der Waals surface area contributed by atoms with Crippen molar-refractivity contribution in [1.82, 2.24) is 0 Å². The van der Waals surface area contributed by atoms with E-state index in [2.05, 4.69) is 35.0 Å². The van der Waals surface area contributed by atoms with Crippen LogP contribution < -0.4 is 10.7 Å². The van der Waals surface area contributed by atoms with E-state index < -0.39 is 0 Å². The molecule has 14 heavy (non-hydrogen) atoms. The van der Waals surface area contributed by atoms with Gasteiger partial charge in [0.2, 0.25) is 5.69 Å². The first kappa shape index (κ1) is 8.91. The molecule has 0 aliphatic carbocycles. The minimum Gasteiger partial charge on any atom is -0.319 e. The lowest BCUT2D eigenvalue weighted by Crippen LogP contribution is -2.42. The number of hydrogen-bond donors (Lipinski definition) is 1. The molecule has 1 heterocycles. The summed E-state index contributed by atoms with van der Waals surface area (Å²) in [6.07, 6.45) is 6.03. The number of nitrogens with one attached hydrogen (secondary N) is 1. The molecule has 2 heteroatoms. The van der Waals surface area contributed by atoms with Crippen molar-refractivity contribution in [3.63, 3.8) is 0 Å². The highest BCUT2D eigenvalue weighted by molar-refractivity contribution is 5.88. The van der Waals surface area contributed by atoms with Crippen LogP contribution >= 0.6 is 0 Å². The average Bonchev–Trinajstić information content (AvgIpc) is 2.23. The number of H-pyrrole nitrogens is 1. The molecule has 1 aromatic carbocycles. The Hall–Kier alpha value is -1.67.